The lowest BCUT2D eigenvalue weighted by Crippen LogP contribution is -2.25. The van der Waals surface area contributed by atoms with E-state index in [1.165, 1.54) is 0 Å². The molecule has 0 radical (unpaired) electrons. The molecule has 0 saturated carbocycles. The molecule has 0 bridgehead atoms. The summed E-state index contributed by atoms with van der Waals surface area (Å²) < 4.78 is 6.16. The second kappa shape index (κ2) is 9.03. The second-order valence-corrected chi connectivity index (χ2v) is 5.94. The Kier molecular flexibility index (Phi) is 8.11. The average molecular weight is 371 g/mol. The topological polar surface area (TPSA) is 41.5 Å². The van der Waals surface area contributed by atoms with Crippen LogP contribution in [0.3, 0.4) is 0 Å². The summed E-state index contributed by atoms with van der Waals surface area (Å²) in [4.78, 5) is 0. The van der Waals surface area contributed by atoms with Crippen molar-refractivity contribution in [2.45, 2.75) is 25.9 Å². The summed E-state index contributed by atoms with van der Waals surface area (Å²) in [6.45, 7) is 3.41. The maximum absolute atomic E-state index is 9.76. The van der Waals surface area contributed by atoms with Gasteiger partial charge in [-0.2, -0.15) is 0 Å². The number of halogens is 3. The van der Waals surface area contributed by atoms with Crippen molar-refractivity contribution < 1.29 is 9.84 Å². The third kappa shape index (κ3) is 6.32. The molecule has 0 aliphatic carbocycles. The number of rotatable bonds is 8. The summed E-state index contributed by atoms with van der Waals surface area (Å²) in [7, 11) is 0. The third-order valence-electron chi connectivity index (χ3n) is 2.47. The molecule has 0 fully saturated rings. The highest BCUT2D eigenvalue weighted by Gasteiger charge is 2.10. The van der Waals surface area contributed by atoms with Crippen molar-refractivity contribution in [3.63, 3.8) is 0 Å². The zero-order valence-corrected chi connectivity index (χ0v) is 13.9. The van der Waals surface area contributed by atoms with Gasteiger partial charge in [-0.15, -0.1) is 0 Å². The van der Waals surface area contributed by atoms with Gasteiger partial charge in [0, 0.05) is 17.6 Å². The number of benzene rings is 1. The molecule has 0 aliphatic heterocycles. The monoisotopic (exact) mass is 369 g/mol. The second-order valence-electron chi connectivity index (χ2n) is 4.21. The van der Waals surface area contributed by atoms with Crippen molar-refractivity contribution in [1.82, 2.24) is 0 Å². The SMILES string of the molecule is CCCCOCC(O)CNc1c(Cl)cc(Br)cc1Cl. The van der Waals surface area contributed by atoms with Crippen molar-refractivity contribution in [3.8, 4) is 0 Å². The highest BCUT2D eigenvalue weighted by Crippen LogP contribution is 2.33. The van der Waals surface area contributed by atoms with E-state index in [2.05, 4.69) is 28.2 Å². The summed E-state index contributed by atoms with van der Waals surface area (Å²) in [5, 5.41) is 13.8. The molecule has 0 heterocycles. The summed E-state index contributed by atoms with van der Waals surface area (Å²) in [6.07, 6.45) is 1.50. The Hall–Kier alpha value is -0.0000000000000000555. The molecule has 1 unspecified atom stereocenters. The first-order chi connectivity index (χ1) is 9.04. The van der Waals surface area contributed by atoms with Crippen LogP contribution in [0.5, 0.6) is 0 Å². The molecule has 6 heteroatoms. The van der Waals surface area contributed by atoms with Crippen LogP contribution in [0.25, 0.3) is 0 Å². The molecule has 19 heavy (non-hydrogen) atoms. The van der Waals surface area contributed by atoms with Crippen LogP contribution < -0.4 is 5.32 Å². The third-order valence-corrected chi connectivity index (χ3v) is 3.53. The standard InChI is InChI=1S/C13H18BrCl2NO2/c1-2-3-4-19-8-10(18)7-17-13-11(15)5-9(14)6-12(13)16/h5-6,10,17-18H,2-4,7-8H2,1H3. The first-order valence-corrected chi connectivity index (χ1v) is 7.73. The van der Waals surface area contributed by atoms with Gasteiger partial charge in [0.25, 0.3) is 0 Å². The smallest absolute Gasteiger partial charge is 0.0945 e. The molecular formula is C13H18BrCl2NO2. The highest BCUT2D eigenvalue weighted by atomic mass is 79.9. The van der Waals surface area contributed by atoms with Crippen LogP contribution in [0.15, 0.2) is 16.6 Å². The Balaban J connectivity index is 2.40. The van der Waals surface area contributed by atoms with E-state index in [-0.39, 0.29) is 0 Å². The minimum Gasteiger partial charge on any atom is -0.389 e. The molecule has 3 nitrogen and oxygen atoms in total. The number of unbranched alkanes of at least 4 members (excludes halogenated alkanes) is 1. The van der Waals surface area contributed by atoms with Crippen LogP contribution in [0, 0.1) is 0 Å². The summed E-state index contributed by atoms with van der Waals surface area (Å²) in [5.41, 5.74) is 0.624. The number of aliphatic hydroxyl groups excluding tert-OH is 1. The Labute approximate surface area is 132 Å². The van der Waals surface area contributed by atoms with Gasteiger partial charge in [0.2, 0.25) is 0 Å². The van der Waals surface area contributed by atoms with Gasteiger partial charge in [-0.3, -0.25) is 0 Å². The molecular weight excluding hydrogens is 353 g/mol. The molecule has 0 aliphatic rings. The molecule has 0 saturated heterocycles. The molecule has 0 aromatic heterocycles. The summed E-state index contributed by atoms with van der Waals surface area (Å²) in [6, 6.07) is 3.50. The van der Waals surface area contributed by atoms with Crippen molar-refractivity contribution in [2.24, 2.45) is 0 Å². The molecule has 1 aromatic carbocycles. The van der Waals surface area contributed by atoms with E-state index in [0.29, 0.717) is 35.5 Å². The largest absolute Gasteiger partial charge is 0.389 e. The van der Waals surface area contributed by atoms with E-state index in [9.17, 15) is 5.11 Å². The maximum atomic E-state index is 9.76. The van der Waals surface area contributed by atoms with E-state index < -0.39 is 6.10 Å². The Bertz CT molecular complexity index is 381. The van der Waals surface area contributed by atoms with Crippen molar-refractivity contribution >= 4 is 44.8 Å². The fraction of sp³-hybridized carbons (Fsp3) is 0.538. The van der Waals surface area contributed by atoms with E-state index >= 15 is 0 Å². The van der Waals surface area contributed by atoms with Gasteiger partial charge in [0.05, 0.1) is 28.4 Å². The number of nitrogens with one attached hydrogen (secondary N) is 1. The Morgan fingerprint density at radius 3 is 2.58 bits per heavy atom. The number of anilines is 1. The fourth-order valence-electron chi connectivity index (χ4n) is 1.46. The van der Waals surface area contributed by atoms with Crippen molar-refractivity contribution in [3.05, 3.63) is 26.7 Å². The van der Waals surface area contributed by atoms with Gasteiger partial charge >= 0.3 is 0 Å². The molecule has 1 aromatic rings. The highest BCUT2D eigenvalue weighted by molar-refractivity contribution is 9.10. The number of hydrogen-bond acceptors (Lipinski definition) is 3. The van der Waals surface area contributed by atoms with Crippen LogP contribution in [-0.2, 0) is 4.74 Å². The molecule has 108 valence electrons. The van der Waals surface area contributed by atoms with Gasteiger partial charge < -0.3 is 15.2 Å². The van der Waals surface area contributed by atoms with Crippen LogP contribution in [0.2, 0.25) is 10.0 Å². The minimum absolute atomic E-state index is 0.304. The van der Waals surface area contributed by atoms with Crippen LogP contribution >= 0.6 is 39.1 Å². The van der Waals surface area contributed by atoms with Crippen molar-refractivity contribution in [2.75, 3.05) is 25.1 Å². The number of aliphatic hydroxyl groups is 1. The van der Waals surface area contributed by atoms with E-state index in [4.69, 9.17) is 27.9 Å². The van der Waals surface area contributed by atoms with E-state index in [1.54, 1.807) is 12.1 Å². The van der Waals surface area contributed by atoms with Gasteiger partial charge in [-0.1, -0.05) is 52.5 Å². The Morgan fingerprint density at radius 2 is 2.00 bits per heavy atom. The lowest BCUT2D eigenvalue weighted by molar-refractivity contribution is 0.0422. The van der Waals surface area contributed by atoms with E-state index in [0.717, 1.165) is 17.3 Å². The van der Waals surface area contributed by atoms with Gasteiger partial charge in [-0.25, -0.2) is 0 Å². The minimum atomic E-state index is -0.590. The molecule has 2 N–H and O–H groups in total. The first kappa shape index (κ1) is 17.1. The fourth-order valence-corrected chi connectivity index (χ4v) is 2.80. The Morgan fingerprint density at radius 1 is 1.37 bits per heavy atom. The van der Waals surface area contributed by atoms with Gasteiger partial charge in [0.15, 0.2) is 0 Å². The zero-order valence-electron chi connectivity index (χ0n) is 10.8. The van der Waals surface area contributed by atoms with Gasteiger partial charge in [-0.05, 0) is 18.6 Å². The summed E-state index contributed by atoms with van der Waals surface area (Å²) in [5.74, 6) is 0. The maximum Gasteiger partial charge on any atom is 0.0945 e. The summed E-state index contributed by atoms with van der Waals surface area (Å²) >= 11 is 15.5. The van der Waals surface area contributed by atoms with Gasteiger partial charge in [0.1, 0.15) is 0 Å². The average Bonchev–Trinajstić information content (AvgIpc) is 2.33. The molecule has 0 spiro atoms. The molecule has 1 atom stereocenters. The number of ether oxygens (including phenoxy) is 1. The normalized spacial score (nSPS) is 12.5. The predicted octanol–water partition coefficient (Wildman–Crippen LogP) is 4.35. The quantitative estimate of drug-likeness (QED) is 0.668. The molecule has 1 rings (SSSR count). The van der Waals surface area contributed by atoms with Crippen LogP contribution in [0.4, 0.5) is 5.69 Å². The predicted molar refractivity (Wildman–Crippen MR) is 84.4 cm³/mol. The molecule has 0 amide bonds. The number of hydrogen-bond donors (Lipinski definition) is 2. The lowest BCUT2D eigenvalue weighted by Gasteiger charge is -2.15. The van der Waals surface area contributed by atoms with Crippen LogP contribution in [0.1, 0.15) is 19.8 Å². The van der Waals surface area contributed by atoms with E-state index in [1.807, 2.05) is 0 Å². The zero-order chi connectivity index (χ0) is 14.3. The van der Waals surface area contributed by atoms with Crippen LogP contribution in [-0.4, -0.2) is 31.0 Å². The van der Waals surface area contributed by atoms with Crippen molar-refractivity contribution in [1.29, 1.82) is 0 Å². The first-order valence-electron chi connectivity index (χ1n) is 6.18. The lowest BCUT2D eigenvalue weighted by atomic mass is 10.3.